The molecular formula is C25H34N2O4. The highest BCUT2D eigenvalue weighted by Gasteiger charge is 2.22. The third-order valence-corrected chi connectivity index (χ3v) is 5.58. The van der Waals surface area contributed by atoms with Crippen LogP contribution < -0.4 is 19.1 Å². The fourth-order valence-corrected chi connectivity index (χ4v) is 3.68. The van der Waals surface area contributed by atoms with Gasteiger partial charge in [0.15, 0.2) is 11.5 Å². The Labute approximate surface area is 185 Å². The number of nitrogens with zero attached hydrogens (tertiary/aromatic N) is 2. The lowest BCUT2D eigenvalue weighted by Gasteiger charge is -2.24. The summed E-state index contributed by atoms with van der Waals surface area (Å²) in [5.41, 5.74) is 1.78. The van der Waals surface area contributed by atoms with Crippen LogP contribution in [0.3, 0.4) is 0 Å². The van der Waals surface area contributed by atoms with Gasteiger partial charge < -0.3 is 24.0 Å². The molecule has 0 unspecified atom stereocenters. The van der Waals surface area contributed by atoms with E-state index in [-0.39, 0.29) is 5.91 Å². The first-order valence-electron chi connectivity index (χ1n) is 11.0. The highest BCUT2D eigenvalue weighted by atomic mass is 16.5. The number of carbonyl (C=O) groups is 1. The third-order valence-electron chi connectivity index (χ3n) is 5.58. The van der Waals surface area contributed by atoms with Crippen molar-refractivity contribution in [2.75, 3.05) is 51.9 Å². The van der Waals surface area contributed by atoms with Crippen LogP contribution in [0.15, 0.2) is 42.5 Å². The molecule has 2 aromatic carbocycles. The number of carbonyl (C=O) groups excluding carboxylic acids is 1. The molecule has 0 saturated carbocycles. The van der Waals surface area contributed by atoms with E-state index in [0.29, 0.717) is 36.1 Å². The molecule has 168 valence electrons. The molecule has 6 nitrogen and oxygen atoms in total. The summed E-state index contributed by atoms with van der Waals surface area (Å²) in [5, 5.41) is 0. The molecule has 0 radical (unpaired) electrons. The van der Waals surface area contributed by atoms with Crippen LogP contribution in [0, 0.1) is 5.92 Å². The van der Waals surface area contributed by atoms with Crippen LogP contribution in [-0.2, 0) is 0 Å². The zero-order chi connectivity index (χ0) is 22.2. The van der Waals surface area contributed by atoms with Crippen LogP contribution in [0.25, 0.3) is 0 Å². The van der Waals surface area contributed by atoms with Gasteiger partial charge in [0.25, 0.3) is 5.91 Å². The minimum Gasteiger partial charge on any atom is -0.497 e. The molecule has 3 rings (SSSR count). The maximum absolute atomic E-state index is 13.2. The molecule has 0 aromatic heterocycles. The Morgan fingerprint density at radius 3 is 2.39 bits per heavy atom. The average Bonchev–Trinajstić information content (AvgIpc) is 3.05. The molecule has 1 fully saturated rings. The zero-order valence-corrected chi connectivity index (χ0v) is 19.1. The van der Waals surface area contributed by atoms with E-state index < -0.39 is 0 Å². The molecule has 1 aliphatic rings. The molecule has 0 spiro atoms. The van der Waals surface area contributed by atoms with Crippen LogP contribution in [-0.4, -0.2) is 57.8 Å². The first-order chi connectivity index (χ1) is 15.0. The second kappa shape index (κ2) is 10.9. The summed E-state index contributed by atoms with van der Waals surface area (Å²) in [7, 11) is 3.28. The predicted octanol–water partition coefficient (Wildman–Crippen LogP) is 4.48. The molecule has 0 bridgehead atoms. The normalized spacial score (nSPS) is 14.4. The number of rotatable bonds is 8. The number of ether oxygens (including phenoxy) is 3. The zero-order valence-electron chi connectivity index (χ0n) is 19.1. The summed E-state index contributed by atoms with van der Waals surface area (Å²) in [6.07, 6.45) is 1.90. The van der Waals surface area contributed by atoms with E-state index in [0.717, 1.165) is 43.9 Å². The van der Waals surface area contributed by atoms with E-state index in [9.17, 15) is 4.79 Å². The van der Waals surface area contributed by atoms with Crippen molar-refractivity contribution in [3.8, 4) is 17.2 Å². The number of methoxy groups -OCH3 is 2. The third kappa shape index (κ3) is 6.06. The summed E-state index contributed by atoms with van der Waals surface area (Å²) in [5.74, 6) is 2.74. The molecule has 1 aliphatic heterocycles. The minimum atomic E-state index is 0.0311. The monoisotopic (exact) mass is 426 g/mol. The number of hydrogen-bond donors (Lipinski definition) is 0. The molecule has 1 heterocycles. The quantitative estimate of drug-likeness (QED) is 0.623. The molecular weight excluding hydrogens is 392 g/mol. The van der Waals surface area contributed by atoms with E-state index in [1.165, 1.54) is 0 Å². The molecule has 31 heavy (non-hydrogen) atoms. The van der Waals surface area contributed by atoms with Crippen LogP contribution >= 0.6 is 0 Å². The molecule has 0 N–H and O–H groups in total. The lowest BCUT2D eigenvalue weighted by molar-refractivity contribution is 0.0766. The van der Waals surface area contributed by atoms with E-state index in [1.54, 1.807) is 20.3 Å². The van der Waals surface area contributed by atoms with Crippen LogP contribution in [0.2, 0.25) is 0 Å². The van der Waals surface area contributed by atoms with Crippen LogP contribution in [0.1, 0.15) is 37.0 Å². The Morgan fingerprint density at radius 2 is 1.71 bits per heavy atom. The number of amides is 1. The number of anilines is 1. The summed E-state index contributed by atoms with van der Waals surface area (Å²) in [6, 6.07) is 13.5. The van der Waals surface area contributed by atoms with Crippen molar-refractivity contribution < 1.29 is 19.0 Å². The van der Waals surface area contributed by atoms with E-state index in [4.69, 9.17) is 14.2 Å². The molecule has 1 amide bonds. The standard InChI is InChI=1S/C25H34N2O4/c1-19(2)12-17-31-23-11-6-20(18-24(23)30-4)25(28)27-14-5-13-26(15-16-27)21-7-9-22(29-3)10-8-21/h6-11,18-19H,5,12-17H2,1-4H3. The Hall–Kier alpha value is -2.89. The van der Waals surface area contributed by atoms with Gasteiger partial charge in [-0.15, -0.1) is 0 Å². The Kier molecular flexibility index (Phi) is 8.04. The van der Waals surface area contributed by atoms with E-state index in [1.807, 2.05) is 29.2 Å². The molecule has 0 atom stereocenters. The van der Waals surface area contributed by atoms with Crippen LogP contribution in [0.5, 0.6) is 17.2 Å². The van der Waals surface area contributed by atoms with Gasteiger partial charge in [-0.05, 0) is 61.2 Å². The topological polar surface area (TPSA) is 51.2 Å². The largest absolute Gasteiger partial charge is 0.497 e. The molecule has 0 aliphatic carbocycles. The molecule has 1 saturated heterocycles. The fraction of sp³-hybridized carbons (Fsp3) is 0.480. The Balaban J connectivity index is 1.64. The van der Waals surface area contributed by atoms with E-state index in [2.05, 4.69) is 30.9 Å². The second-order valence-corrected chi connectivity index (χ2v) is 8.23. The lowest BCUT2D eigenvalue weighted by Crippen LogP contribution is -2.35. The van der Waals surface area contributed by atoms with Crippen molar-refractivity contribution in [1.82, 2.24) is 4.90 Å². The van der Waals surface area contributed by atoms with Gasteiger partial charge in [0.2, 0.25) is 0 Å². The average molecular weight is 427 g/mol. The second-order valence-electron chi connectivity index (χ2n) is 8.23. The Morgan fingerprint density at radius 1 is 0.935 bits per heavy atom. The maximum atomic E-state index is 13.2. The number of benzene rings is 2. The summed E-state index contributed by atoms with van der Waals surface area (Å²) in [4.78, 5) is 17.4. The van der Waals surface area contributed by atoms with Crippen molar-refractivity contribution in [2.45, 2.75) is 26.7 Å². The van der Waals surface area contributed by atoms with E-state index >= 15 is 0 Å². The van der Waals surface area contributed by atoms with Gasteiger partial charge in [0.05, 0.1) is 20.8 Å². The first kappa shape index (κ1) is 22.8. The smallest absolute Gasteiger partial charge is 0.254 e. The summed E-state index contributed by atoms with van der Waals surface area (Å²) < 4.78 is 16.6. The van der Waals surface area contributed by atoms with Crippen molar-refractivity contribution in [2.24, 2.45) is 5.92 Å². The Bertz CT molecular complexity index is 851. The maximum Gasteiger partial charge on any atom is 0.254 e. The van der Waals surface area contributed by atoms with Gasteiger partial charge in [-0.2, -0.15) is 0 Å². The van der Waals surface area contributed by atoms with Crippen molar-refractivity contribution in [3.63, 3.8) is 0 Å². The molecule has 6 heteroatoms. The van der Waals surface area contributed by atoms with Gasteiger partial charge in [-0.1, -0.05) is 13.8 Å². The summed E-state index contributed by atoms with van der Waals surface area (Å²) in [6.45, 7) is 8.10. The van der Waals surface area contributed by atoms with Crippen molar-refractivity contribution >= 4 is 11.6 Å². The lowest BCUT2D eigenvalue weighted by atomic mass is 10.1. The highest BCUT2D eigenvalue weighted by molar-refractivity contribution is 5.95. The van der Waals surface area contributed by atoms with Crippen molar-refractivity contribution in [3.05, 3.63) is 48.0 Å². The SMILES string of the molecule is COc1ccc(N2CCCN(C(=O)c3ccc(OCCC(C)C)c(OC)c3)CC2)cc1. The summed E-state index contributed by atoms with van der Waals surface area (Å²) >= 11 is 0. The van der Waals surface area contributed by atoms with Gasteiger partial charge in [-0.3, -0.25) is 4.79 Å². The van der Waals surface area contributed by atoms with Gasteiger partial charge in [0.1, 0.15) is 5.75 Å². The fourth-order valence-electron chi connectivity index (χ4n) is 3.68. The minimum absolute atomic E-state index is 0.0311. The van der Waals surface area contributed by atoms with Crippen LogP contribution in [0.4, 0.5) is 5.69 Å². The molecule has 2 aromatic rings. The number of hydrogen-bond acceptors (Lipinski definition) is 5. The van der Waals surface area contributed by atoms with Crippen molar-refractivity contribution in [1.29, 1.82) is 0 Å². The highest BCUT2D eigenvalue weighted by Crippen LogP contribution is 2.29. The van der Waals surface area contributed by atoms with Gasteiger partial charge in [-0.25, -0.2) is 0 Å². The first-order valence-corrected chi connectivity index (χ1v) is 11.0. The predicted molar refractivity (Wildman–Crippen MR) is 124 cm³/mol. The van der Waals surface area contributed by atoms with Gasteiger partial charge in [0, 0.05) is 37.4 Å². The van der Waals surface area contributed by atoms with Gasteiger partial charge >= 0.3 is 0 Å².